The molecule has 1 unspecified atom stereocenters. The lowest BCUT2D eigenvalue weighted by molar-refractivity contribution is -0.134. The SMILES string of the molecule is CC(C)(C)C(=O)C(O)Cc1ccc(OCc2ccccc2)cc1. The third-order valence-electron chi connectivity index (χ3n) is 3.64. The molecule has 0 fully saturated rings. The van der Waals surface area contributed by atoms with Gasteiger partial charge in [-0.15, -0.1) is 0 Å². The highest BCUT2D eigenvalue weighted by molar-refractivity contribution is 5.87. The van der Waals surface area contributed by atoms with Crippen molar-refractivity contribution in [3.05, 3.63) is 65.7 Å². The predicted octanol–water partition coefficient (Wildman–Crippen LogP) is 3.78. The molecular formula is C20H24O3. The Kier molecular flexibility index (Phi) is 5.56. The Morgan fingerprint density at radius 3 is 2.17 bits per heavy atom. The zero-order chi connectivity index (χ0) is 16.9. The van der Waals surface area contributed by atoms with E-state index in [0.717, 1.165) is 16.9 Å². The highest BCUT2D eigenvalue weighted by Crippen LogP contribution is 2.20. The molecule has 0 amide bonds. The molecule has 0 saturated heterocycles. The van der Waals surface area contributed by atoms with Gasteiger partial charge in [-0.25, -0.2) is 0 Å². The van der Waals surface area contributed by atoms with Gasteiger partial charge in [0.1, 0.15) is 18.5 Å². The van der Waals surface area contributed by atoms with Crippen LogP contribution in [0, 0.1) is 5.41 Å². The summed E-state index contributed by atoms with van der Waals surface area (Å²) in [6.45, 7) is 5.97. The molecule has 0 aromatic heterocycles. The standard InChI is InChI=1S/C20H24O3/c1-20(2,3)19(22)18(21)13-15-9-11-17(12-10-15)23-14-16-7-5-4-6-8-16/h4-12,18,21H,13-14H2,1-3H3. The Hall–Kier alpha value is -2.13. The van der Waals surface area contributed by atoms with E-state index >= 15 is 0 Å². The molecule has 0 spiro atoms. The third kappa shape index (κ3) is 5.22. The van der Waals surface area contributed by atoms with Crippen molar-refractivity contribution in [2.24, 2.45) is 5.41 Å². The van der Waals surface area contributed by atoms with E-state index in [9.17, 15) is 9.90 Å². The van der Waals surface area contributed by atoms with Gasteiger partial charge in [0.2, 0.25) is 0 Å². The van der Waals surface area contributed by atoms with E-state index in [1.165, 1.54) is 0 Å². The molecule has 23 heavy (non-hydrogen) atoms. The van der Waals surface area contributed by atoms with Crippen molar-refractivity contribution in [3.8, 4) is 5.75 Å². The van der Waals surface area contributed by atoms with Gasteiger partial charge in [-0.2, -0.15) is 0 Å². The highest BCUT2D eigenvalue weighted by Gasteiger charge is 2.28. The number of hydrogen-bond donors (Lipinski definition) is 1. The number of carbonyl (C=O) groups is 1. The number of benzene rings is 2. The molecule has 0 aliphatic rings. The van der Waals surface area contributed by atoms with E-state index in [1.54, 1.807) is 0 Å². The summed E-state index contributed by atoms with van der Waals surface area (Å²) in [6.07, 6.45) is -0.638. The first-order valence-corrected chi connectivity index (χ1v) is 7.84. The van der Waals surface area contributed by atoms with Crippen LogP contribution >= 0.6 is 0 Å². The second-order valence-corrected chi connectivity index (χ2v) is 6.75. The maximum absolute atomic E-state index is 12.0. The van der Waals surface area contributed by atoms with Gasteiger partial charge in [-0.3, -0.25) is 4.79 Å². The fourth-order valence-corrected chi connectivity index (χ4v) is 2.28. The van der Waals surface area contributed by atoms with Gasteiger partial charge >= 0.3 is 0 Å². The zero-order valence-corrected chi connectivity index (χ0v) is 14.0. The summed E-state index contributed by atoms with van der Waals surface area (Å²) in [7, 11) is 0. The lowest BCUT2D eigenvalue weighted by Gasteiger charge is -2.21. The molecule has 0 heterocycles. The number of aliphatic hydroxyl groups excluding tert-OH is 1. The summed E-state index contributed by atoms with van der Waals surface area (Å²) >= 11 is 0. The average Bonchev–Trinajstić information content (AvgIpc) is 2.53. The van der Waals surface area contributed by atoms with Crippen LogP contribution in [0.1, 0.15) is 31.9 Å². The van der Waals surface area contributed by atoms with Gasteiger partial charge in [0, 0.05) is 11.8 Å². The van der Waals surface area contributed by atoms with E-state index in [2.05, 4.69) is 0 Å². The molecular weight excluding hydrogens is 288 g/mol. The molecule has 1 atom stereocenters. The minimum atomic E-state index is -0.967. The highest BCUT2D eigenvalue weighted by atomic mass is 16.5. The number of carbonyl (C=O) groups excluding carboxylic acids is 1. The summed E-state index contributed by atoms with van der Waals surface area (Å²) < 4.78 is 5.72. The molecule has 3 nitrogen and oxygen atoms in total. The molecule has 2 aromatic rings. The van der Waals surface area contributed by atoms with Crippen LogP contribution in [0.15, 0.2) is 54.6 Å². The molecule has 3 heteroatoms. The van der Waals surface area contributed by atoms with Crippen molar-refractivity contribution in [1.82, 2.24) is 0 Å². The second-order valence-electron chi connectivity index (χ2n) is 6.75. The van der Waals surface area contributed by atoms with Crippen molar-refractivity contribution in [1.29, 1.82) is 0 Å². The number of ether oxygens (including phenoxy) is 1. The summed E-state index contributed by atoms with van der Waals surface area (Å²) in [4.78, 5) is 12.0. The molecule has 1 N–H and O–H groups in total. The van der Waals surface area contributed by atoms with Crippen LogP contribution in [-0.4, -0.2) is 17.0 Å². The normalized spacial score (nSPS) is 12.7. The maximum Gasteiger partial charge on any atom is 0.166 e. The fraction of sp³-hybridized carbons (Fsp3) is 0.350. The lowest BCUT2D eigenvalue weighted by Crippen LogP contribution is -2.33. The van der Waals surface area contributed by atoms with E-state index in [1.807, 2.05) is 75.4 Å². The Morgan fingerprint density at radius 2 is 1.61 bits per heavy atom. The monoisotopic (exact) mass is 312 g/mol. The van der Waals surface area contributed by atoms with E-state index in [0.29, 0.717) is 13.0 Å². The molecule has 0 saturated carbocycles. The lowest BCUT2D eigenvalue weighted by atomic mass is 9.86. The maximum atomic E-state index is 12.0. The Bertz CT molecular complexity index is 624. The van der Waals surface area contributed by atoms with Gasteiger partial charge in [-0.05, 0) is 23.3 Å². The zero-order valence-electron chi connectivity index (χ0n) is 14.0. The molecule has 2 rings (SSSR count). The van der Waals surface area contributed by atoms with Crippen molar-refractivity contribution in [2.75, 3.05) is 0 Å². The minimum absolute atomic E-state index is 0.137. The van der Waals surface area contributed by atoms with E-state index in [-0.39, 0.29) is 5.78 Å². The van der Waals surface area contributed by atoms with Crippen molar-refractivity contribution >= 4 is 5.78 Å². The van der Waals surface area contributed by atoms with Gasteiger partial charge in [0.05, 0.1) is 0 Å². The van der Waals surface area contributed by atoms with E-state index in [4.69, 9.17) is 4.74 Å². The molecule has 0 aliphatic carbocycles. The van der Waals surface area contributed by atoms with Crippen LogP contribution < -0.4 is 4.74 Å². The van der Waals surface area contributed by atoms with Gasteiger partial charge in [-0.1, -0.05) is 63.2 Å². The quantitative estimate of drug-likeness (QED) is 0.883. The van der Waals surface area contributed by atoms with Crippen LogP contribution in [0.4, 0.5) is 0 Å². The summed E-state index contributed by atoms with van der Waals surface area (Å²) in [6, 6.07) is 17.5. The Labute approximate surface area is 137 Å². The summed E-state index contributed by atoms with van der Waals surface area (Å²) in [5, 5.41) is 10.0. The average molecular weight is 312 g/mol. The number of aliphatic hydroxyl groups is 1. The van der Waals surface area contributed by atoms with E-state index < -0.39 is 11.5 Å². The second kappa shape index (κ2) is 7.42. The first kappa shape index (κ1) is 17.2. The largest absolute Gasteiger partial charge is 0.489 e. The van der Waals surface area contributed by atoms with Crippen molar-refractivity contribution in [3.63, 3.8) is 0 Å². The molecule has 2 aromatic carbocycles. The topological polar surface area (TPSA) is 46.5 Å². The number of Topliss-reactive ketones (excluding diaryl/α,β-unsaturated/α-hetero) is 1. The van der Waals surface area contributed by atoms with Gasteiger partial charge in [0.25, 0.3) is 0 Å². The van der Waals surface area contributed by atoms with Crippen LogP contribution in [0.2, 0.25) is 0 Å². The Morgan fingerprint density at radius 1 is 1.00 bits per heavy atom. The summed E-state index contributed by atoms with van der Waals surface area (Å²) in [5.41, 5.74) is 1.50. The van der Waals surface area contributed by atoms with Crippen molar-refractivity contribution < 1.29 is 14.6 Å². The first-order chi connectivity index (χ1) is 10.9. The van der Waals surface area contributed by atoms with Crippen molar-refractivity contribution in [2.45, 2.75) is 39.9 Å². The molecule has 0 bridgehead atoms. The summed E-state index contributed by atoms with van der Waals surface area (Å²) in [5.74, 6) is 0.635. The third-order valence-corrected chi connectivity index (χ3v) is 3.64. The predicted molar refractivity (Wildman–Crippen MR) is 91.4 cm³/mol. The van der Waals surface area contributed by atoms with Gasteiger partial charge < -0.3 is 9.84 Å². The molecule has 0 radical (unpaired) electrons. The number of ketones is 1. The Balaban J connectivity index is 1.90. The van der Waals surface area contributed by atoms with Crippen LogP contribution in [-0.2, 0) is 17.8 Å². The smallest absolute Gasteiger partial charge is 0.166 e. The fourth-order valence-electron chi connectivity index (χ4n) is 2.28. The number of rotatable bonds is 6. The van der Waals surface area contributed by atoms with Crippen LogP contribution in [0.3, 0.4) is 0 Å². The van der Waals surface area contributed by atoms with Crippen LogP contribution in [0.5, 0.6) is 5.75 Å². The minimum Gasteiger partial charge on any atom is -0.489 e. The first-order valence-electron chi connectivity index (χ1n) is 7.84. The van der Waals surface area contributed by atoms with Crippen LogP contribution in [0.25, 0.3) is 0 Å². The molecule has 0 aliphatic heterocycles. The molecule has 122 valence electrons. The van der Waals surface area contributed by atoms with Gasteiger partial charge in [0.15, 0.2) is 5.78 Å². The number of hydrogen-bond acceptors (Lipinski definition) is 3.